The van der Waals surface area contributed by atoms with Crippen LogP contribution in [0.5, 0.6) is 0 Å². The molecule has 1 saturated heterocycles. The Morgan fingerprint density at radius 1 is 1.00 bits per heavy atom. The molecule has 4 rings (SSSR count). The van der Waals surface area contributed by atoms with E-state index in [0.29, 0.717) is 6.54 Å². The molecule has 2 unspecified atom stereocenters. The van der Waals surface area contributed by atoms with Crippen LogP contribution in [0.15, 0.2) is 53.4 Å². The van der Waals surface area contributed by atoms with E-state index in [1.807, 2.05) is 17.0 Å². The number of hydrogen-bond acceptors (Lipinski definition) is 3. The standard InChI is InChI=1S/C26H32N2O2S/c1-4-17(5-2)24-25(29)27-23(21-14-18-10-6-7-11-19(18)15-21)26(30)28(24)16-20-12-8-9-13-22(20)31-3/h6-13,17,21,23-24H,4-5,14-16H2,1-3H3,(H,27,29). The summed E-state index contributed by atoms with van der Waals surface area (Å²) in [6, 6.07) is 15.7. The van der Waals surface area contributed by atoms with Crippen LogP contribution in [0.25, 0.3) is 0 Å². The maximum Gasteiger partial charge on any atom is 0.246 e. The van der Waals surface area contributed by atoms with Crippen molar-refractivity contribution in [3.05, 3.63) is 65.2 Å². The lowest BCUT2D eigenvalue weighted by atomic mass is 9.86. The molecule has 31 heavy (non-hydrogen) atoms. The lowest BCUT2D eigenvalue weighted by Crippen LogP contribution is -2.66. The van der Waals surface area contributed by atoms with Gasteiger partial charge in [0.15, 0.2) is 0 Å². The summed E-state index contributed by atoms with van der Waals surface area (Å²) in [6.07, 6.45) is 5.50. The van der Waals surface area contributed by atoms with Crippen molar-refractivity contribution in [2.24, 2.45) is 11.8 Å². The average molecular weight is 437 g/mol. The van der Waals surface area contributed by atoms with E-state index in [1.165, 1.54) is 11.1 Å². The van der Waals surface area contributed by atoms with Gasteiger partial charge in [0.25, 0.3) is 0 Å². The van der Waals surface area contributed by atoms with Gasteiger partial charge in [0.1, 0.15) is 12.1 Å². The number of nitrogens with one attached hydrogen (secondary N) is 1. The maximum atomic E-state index is 13.9. The first-order valence-electron chi connectivity index (χ1n) is 11.4. The first-order chi connectivity index (χ1) is 15.1. The van der Waals surface area contributed by atoms with E-state index < -0.39 is 12.1 Å². The van der Waals surface area contributed by atoms with Crippen molar-refractivity contribution in [2.45, 2.75) is 63.1 Å². The van der Waals surface area contributed by atoms with Crippen molar-refractivity contribution in [3.63, 3.8) is 0 Å². The van der Waals surface area contributed by atoms with Gasteiger partial charge in [-0.2, -0.15) is 0 Å². The molecule has 2 atom stereocenters. The zero-order valence-electron chi connectivity index (χ0n) is 18.6. The molecule has 0 radical (unpaired) electrons. The first-order valence-corrected chi connectivity index (χ1v) is 12.6. The van der Waals surface area contributed by atoms with Crippen LogP contribution in [0.3, 0.4) is 0 Å². The number of rotatable bonds is 7. The minimum absolute atomic E-state index is 0.0101. The van der Waals surface area contributed by atoms with Crippen molar-refractivity contribution < 1.29 is 9.59 Å². The van der Waals surface area contributed by atoms with Gasteiger partial charge in [0, 0.05) is 11.4 Å². The lowest BCUT2D eigenvalue weighted by molar-refractivity contribution is -0.154. The number of amides is 2. The largest absolute Gasteiger partial charge is 0.342 e. The number of fused-ring (bicyclic) bond motifs is 1. The Labute approximate surface area is 189 Å². The minimum atomic E-state index is -0.452. The van der Waals surface area contributed by atoms with Crippen molar-refractivity contribution in [1.82, 2.24) is 10.2 Å². The van der Waals surface area contributed by atoms with Crippen LogP contribution in [0.1, 0.15) is 43.4 Å². The predicted octanol–water partition coefficient (Wildman–Crippen LogP) is 4.46. The molecule has 164 valence electrons. The second-order valence-electron chi connectivity index (χ2n) is 8.72. The van der Waals surface area contributed by atoms with Gasteiger partial charge in [-0.25, -0.2) is 0 Å². The summed E-state index contributed by atoms with van der Waals surface area (Å²) in [7, 11) is 0. The van der Waals surface area contributed by atoms with E-state index in [2.05, 4.69) is 61.8 Å². The maximum absolute atomic E-state index is 13.9. The second-order valence-corrected chi connectivity index (χ2v) is 9.57. The third kappa shape index (κ3) is 4.25. The highest BCUT2D eigenvalue weighted by Gasteiger charge is 2.47. The molecule has 1 aliphatic heterocycles. The minimum Gasteiger partial charge on any atom is -0.342 e. The Kier molecular flexibility index (Phi) is 6.71. The summed E-state index contributed by atoms with van der Waals surface area (Å²) in [5, 5.41) is 3.15. The molecule has 2 aromatic carbocycles. The predicted molar refractivity (Wildman–Crippen MR) is 126 cm³/mol. The Balaban J connectivity index is 1.65. The third-order valence-electron chi connectivity index (χ3n) is 7.03. The highest BCUT2D eigenvalue weighted by Crippen LogP contribution is 2.34. The number of nitrogens with zero attached hydrogens (tertiary/aromatic N) is 1. The summed E-state index contributed by atoms with van der Waals surface area (Å²) in [4.78, 5) is 30.3. The lowest BCUT2D eigenvalue weighted by Gasteiger charge is -2.44. The third-order valence-corrected chi connectivity index (χ3v) is 7.87. The number of carbonyl (C=O) groups excluding carboxylic acids is 2. The van der Waals surface area contributed by atoms with E-state index >= 15 is 0 Å². The van der Waals surface area contributed by atoms with Gasteiger partial charge in [0.2, 0.25) is 11.8 Å². The average Bonchev–Trinajstić information content (AvgIpc) is 3.22. The van der Waals surface area contributed by atoms with Crippen LogP contribution in [-0.4, -0.2) is 35.1 Å². The van der Waals surface area contributed by atoms with Crippen LogP contribution < -0.4 is 5.32 Å². The van der Waals surface area contributed by atoms with Gasteiger partial charge in [-0.1, -0.05) is 69.2 Å². The van der Waals surface area contributed by atoms with E-state index in [-0.39, 0.29) is 23.7 Å². The van der Waals surface area contributed by atoms with Crippen molar-refractivity contribution in [3.8, 4) is 0 Å². The Bertz CT molecular complexity index is 931. The molecule has 1 N–H and O–H groups in total. The fraction of sp³-hybridized carbons (Fsp3) is 0.462. The molecule has 4 nitrogen and oxygen atoms in total. The molecule has 0 aromatic heterocycles. The summed E-state index contributed by atoms with van der Waals surface area (Å²) >= 11 is 1.69. The first kappa shape index (κ1) is 21.9. The molecule has 0 spiro atoms. The molecule has 2 aromatic rings. The highest BCUT2D eigenvalue weighted by molar-refractivity contribution is 7.98. The van der Waals surface area contributed by atoms with Gasteiger partial charge >= 0.3 is 0 Å². The summed E-state index contributed by atoms with van der Waals surface area (Å²) < 4.78 is 0. The van der Waals surface area contributed by atoms with E-state index in [9.17, 15) is 9.59 Å². The quantitative estimate of drug-likeness (QED) is 0.652. The molecule has 5 heteroatoms. The molecule has 1 aliphatic carbocycles. The zero-order chi connectivity index (χ0) is 22.0. The van der Waals surface area contributed by atoms with E-state index in [4.69, 9.17) is 0 Å². The number of benzene rings is 2. The van der Waals surface area contributed by atoms with Gasteiger partial charge in [-0.05, 0) is 53.7 Å². The zero-order valence-corrected chi connectivity index (χ0v) is 19.5. The number of carbonyl (C=O) groups is 2. The van der Waals surface area contributed by atoms with E-state index in [1.54, 1.807) is 11.8 Å². The molecular formula is C26H32N2O2S. The van der Waals surface area contributed by atoms with E-state index in [0.717, 1.165) is 36.1 Å². The molecule has 0 saturated carbocycles. The molecule has 2 amide bonds. The van der Waals surface area contributed by atoms with Gasteiger partial charge in [-0.3, -0.25) is 9.59 Å². The Hall–Kier alpha value is -2.27. The Morgan fingerprint density at radius 3 is 2.23 bits per heavy atom. The molecule has 2 aliphatic rings. The summed E-state index contributed by atoms with van der Waals surface area (Å²) in [5.74, 6) is 0.364. The van der Waals surface area contributed by atoms with Crippen LogP contribution in [0.2, 0.25) is 0 Å². The fourth-order valence-corrected chi connectivity index (χ4v) is 5.91. The van der Waals surface area contributed by atoms with Crippen molar-refractivity contribution in [2.75, 3.05) is 6.26 Å². The SMILES string of the molecule is CCC(CC)C1C(=O)NC(C2Cc3ccccc3C2)C(=O)N1Cc1ccccc1SC. The van der Waals surface area contributed by atoms with Crippen LogP contribution >= 0.6 is 11.8 Å². The normalized spacial score (nSPS) is 21.5. The topological polar surface area (TPSA) is 49.4 Å². The fourth-order valence-electron chi connectivity index (χ4n) is 5.30. The molecular weight excluding hydrogens is 404 g/mol. The van der Waals surface area contributed by atoms with Gasteiger partial charge in [0.05, 0.1) is 0 Å². The monoisotopic (exact) mass is 436 g/mol. The molecule has 1 fully saturated rings. The number of thioether (sulfide) groups is 1. The second kappa shape index (κ2) is 9.47. The molecule has 1 heterocycles. The van der Waals surface area contributed by atoms with Gasteiger partial charge in [-0.15, -0.1) is 11.8 Å². The van der Waals surface area contributed by atoms with Gasteiger partial charge < -0.3 is 10.2 Å². The molecule has 0 bridgehead atoms. The van der Waals surface area contributed by atoms with Crippen molar-refractivity contribution >= 4 is 23.6 Å². The van der Waals surface area contributed by atoms with Crippen LogP contribution in [0, 0.1) is 11.8 Å². The Morgan fingerprint density at radius 2 is 1.61 bits per heavy atom. The highest BCUT2D eigenvalue weighted by atomic mass is 32.2. The summed E-state index contributed by atoms with van der Waals surface area (Å²) in [6.45, 7) is 4.71. The van der Waals surface area contributed by atoms with Crippen LogP contribution in [0.4, 0.5) is 0 Å². The summed E-state index contributed by atoms with van der Waals surface area (Å²) in [5.41, 5.74) is 3.72. The van der Waals surface area contributed by atoms with Crippen LogP contribution in [-0.2, 0) is 29.0 Å². The van der Waals surface area contributed by atoms with Crippen molar-refractivity contribution in [1.29, 1.82) is 0 Å². The number of hydrogen-bond donors (Lipinski definition) is 1. The number of piperazine rings is 1. The smallest absolute Gasteiger partial charge is 0.246 e.